The third kappa shape index (κ3) is 4.84. The van der Waals surface area contributed by atoms with Gasteiger partial charge in [-0.25, -0.2) is 0 Å². The van der Waals surface area contributed by atoms with Gasteiger partial charge in [0.15, 0.2) is 5.78 Å². The van der Waals surface area contributed by atoms with E-state index in [4.69, 9.17) is 16.3 Å². The number of halogens is 1. The largest absolute Gasteiger partial charge is 0.488 e. The maximum Gasteiger partial charge on any atom is 0.288 e. The lowest BCUT2D eigenvalue weighted by Gasteiger charge is -2.09. The van der Waals surface area contributed by atoms with Crippen LogP contribution in [0.4, 0.5) is 5.69 Å². The molecule has 0 unspecified atom stereocenters. The predicted octanol–water partition coefficient (Wildman–Crippen LogP) is 5.72. The molecular weight excluding hydrogens is 378 g/mol. The van der Waals surface area contributed by atoms with Crippen molar-refractivity contribution in [1.29, 1.82) is 0 Å². The van der Waals surface area contributed by atoms with Crippen molar-refractivity contribution >= 4 is 29.1 Å². The summed E-state index contributed by atoms with van der Waals surface area (Å²) in [7, 11) is 0. The zero-order valence-corrected chi connectivity index (χ0v) is 15.5. The van der Waals surface area contributed by atoms with Crippen LogP contribution in [0.2, 0.25) is 5.02 Å². The fraction of sp³-hybridized carbons (Fsp3) is 0.0455. The monoisotopic (exact) mass is 393 g/mol. The first-order valence-corrected chi connectivity index (χ1v) is 8.84. The van der Waals surface area contributed by atoms with E-state index < -0.39 is 4.92 Å². The fourth-order valence-electron chi connectivity index (χ4n) is 2.55. The Bertz CT molecular complexity index is 1030. The van der Waals surface area contributed by atoms with Crippen molar-refractivity contribution < 1.29 is 14.5 Å². The van der Waals surface area contributed by atoms with Crippen LogP contribution in [0, 0.1) is 10.1 Å². The molecule has 3 aromatic carbocycles. The molecule has 0 radical (unpaired) electrons. The first-order valence-electron chi connectivity index (χ1n) is 8.46. The van der Waals surface area contributed by atoms with Crippen LogP contribution in [0.15, 0.2) is 78.9 Å². The van der Waals surface area contributed by atoms with Crippen molar-refractivity contribution in [2.24, 2.45) is 0 Å². The molecule has 0 aromatic heterocycles. The molecular formula is C22H16ClNO4. The Balaban J connectivity index is 1.76. The topological polar surface area (TPSA) is 69.4 Å². The van der Waals surface area contributed by atoms with E-state index in [0.717, 1.165) is 11.1 Å². The van der Waals surface area contributed by atoms with Gasteiger partial charge in [-0.05, 0) is 35.9 Å². The van der Waals surface area contributed by atoms with Crippen LogP contribution in [0.3, 0.4) is 0 Å². The average Bonchev–Trinajstić information content (AvgIpc) is 2.72. The van der Waals surface area contributed by atoms with E-state index in [1.54, 1.807) is 6.08 Å². The molecule has 3 rings (SSSR count). The van der Waals surface area contributed by atoms with Crippen LogP contribution in [0.25, 0.3) is 6.08 Å². The van der Waals surface area contributed by atoms with E-state index in [0.29, 0.717) is 12.4 Å². The lowest BCUT2D eigenvalue weighted by molar-refractivity contribution is -0.384. The Morgan fingerprint density at radius 1 is 1.04 bits per heavy atom. The molecule has 0 heterocycles. The van der Waals surface area contributed by atoms with Crippen LogP contribution in [0.1, 0.15) is 21.5 Å². The highest BCUT2D eigenvalue weighted by atomic mass is 35.5. The molecule has 0 fully saturated rings. The molecule has 0 aliphatic heterocycles. The Kier molecular flexibility index (Phi) is 6.19. The summed E-state index contributed by atoms with van der Waals surface area (Å²) in [5, 5.41) is 11.0. The minimum Gasteiger partial charge on any atom is -0.488 e. The number of hydrogen-bond donors (Lipinski definition) is 0. The van der Waals surface area contributed by atoms with Gasteiger partial charge in [0.25, 0.3) is 5.69 Å². The van der Waals surface area contributed by atoms with Gasteiger partial charge in [-0.15, -0.1) is 0 Å². The minimum atomic E-state index is -0.616. The van der Waals surface area contributed by atoms with Gasteiger partial charge in [-0.2, -0.15) is 0 Å². The second-order valence-corrected chi connectivity index (χ2v) is 6.34. The number of benzene rings is 3. The first-order chi connectivity index (χ1) is 13.5. The van der Waals surface area contributed by atoms with Gasteiger partial charge in [0, 0.05) is 17.2 Å². The average molecular weight is 394 g/mol. The summed E-state index contributed by atoms with van der Waals surface area (Å²) in [6.45, 7) is 0.406. The summed E-state index contributed by atoms with van der Waals surface area (Å²) < 4.78 is 5.86. The number of nitro benzene ring substituents is 1. The molecule has 140 valence electrons. The summed E-state index contributed by atoms with van der Waals surface area (Å²) in [6.07, 6.45) is 2.99. The summed E-state index contributed by atoms with van der Waals surface area (Å²) in [6, 6.07) is 21.1. The molecule has 0 aliphatic rings. The smallest absolute Gasteiger partial charge is 0.288 e. The molecule has 0 N–H and O–H groups in total. The van der Waals surface area contributed by atoms with E-state index in [1.807, 2.05) is 54.6 Å². The Morgan fingerprint density at radius 2 is 1.75 bits per heavy atom. The minimum absolute atomic E-state index is 0.00909. The van der Waals surface area contributed by atoms with Crippen molar-refractivity contribution in [3.8, 4) is 5.75 Å². The molecule has 5 nitrogen and oxygen atoms in total. The number of carbonyl (C=O) groups is 1. The second kappa shape index (κ2) is 8.97. The lowest BCUT2D eigenvalue weighted by atomic mass is 10.1. The number of ether oxygens (including phenoxy) is 1. The number of nitrogens with zero attached hydrogens (tertiary/aromatic N) is 1. The van der Waals surface area contributed by atoms with E-state index in [9.17, 15) is 14.9 Å². The fourth-order valence-corrected chi connectivity index (χ4v) is 2.74. The van der Waals surface area contributed by atoms with Crippen molar-refractivity contribution in [2.75, 3.05) is 0 Å². The van der Waals surface area contributed by atoms with E-state index in [2.05, 4.69) is 0 Å². The van der Waals surface area contributed by atoms with Crippen molar-refractivity contribution in [2.45, 2.75) is 6.61 Å². The zero-order chi connectivity index (χ0) is 19.9. The molecule has 0 saturated heterocycles. The molecule has 3 aromatic rings. The van der Waals surface area contributed by atoms with Crippen molar-refractivity contribution in [3.05, 3.63) is 111 Å². The van der Waals surface area contributed by atoms with Gasteiger partial charge in [0.2, 0.25) is 0 Å². The van der Waals surface area contributed by atoms with Crippen LogP contribution < -0.4 is 4.74 Å². The third-order valence-electron chi connectivity index (χ3n) is 4.00. The number of allylic oxidation sites excluding steroid dienone is 1. The van der Waals surface area contributed by atoms with Crippen LogP contribution in [-0.2, 0) is 6.61 Å². The number of carbonyl (C=O) groups excluding carboxylic acids is 1. The number of para-hydroxylation sites is 1. The van der Waals surface area contributed by atoms with E-state index in [-0.39, 0.29) is 22.1 Å². The summed E-state index contributed by atoms with van der Waals surface area (Å²) in [4.78, 5) is 22.8. The van der Waals surface area contributed by atoms with Crippen LogP contribution in [0.5, 0.6) is 5.75 Å². The maximum absolute atomic E-state index is 12.4. The second-order valence-electron chi connectivity index (χ2n) is 5.93. The number of ketones is 1. The highest BCUT2D eigenvalue weighted by Gasteiger charge is 2.15. The summed E-state index contributed by atoms with van der Waals surface area (Å²) >= 11 is 5.79. The molecule has 0 amide bonds. The first kappa shape index (κ1) is 19.3. The number of rotatable bonds is 7. The Labute approximate surface area is 167 Å². The van der Waals surface area contributed by atoms with Gasteiger partial charge >= 0.3 is 0 Å². The quantitative estimate of drug-likeness (QED) is 0.222. The number of nitro groups is 1. The third-order valence-corrected chi connectivity index (χ3v) is 4.32. The standard InChI is InChI=1S/C22H16ClNO4/c23-19-12-10-18(14-20(19)24(26)27)21(25)13-11-17-8-4-5-9-22(17)28-15-16-6-2-1-3-7-16/h1-14H,15H2/b13-11+. The summed E-state index contributed by atoms with van der Waals surface area (Å²) in [5.41, 5.74) is 1.66. The van der Waals surface area contributed by atoms with Crippen molar-refractivity contribution in [1.82, 2.24) is 0 Å². The normalized spacial score (nSPS) is 10.8. The molecule has 0 spiro atoms. The summed E-state index contributed by atoms with van der Waals surface area (Å²) in [5.74, 6) is 0.273. The van der Waals surface area contributed by atoms with Gasteiger partial charge in [-0.3, -0.25) is 14.9 Å². The van der Waals surface area contributed by atoms with Gasteiger partial charge in [0.05, 0.1) is 4.92 Å². The predicted molar refractivity (Wildman–Crippen MR) is 109 cm³/mol. The van der Waals surface area contributed by atoms with Gasteiger partial charge in [-0.1, -0.05) is 60.1 Å². The van der Waals surface area contributed by atoms with Gasteiger partial charge in [0.1, 0.15) is 17.4 Å². The molecule has 0 aliphatic carbocycles. The van der Waals surface area contributed by atoms with E-state index in [1.165, 1.54) is 24.3 Å². The highest BCUT2D eigenvalue weighted by molar-refractivity contribution is 6.32. The molecule has 0 saturated carbocycles. The molecule has 0 bridgehead atoms. The molecule has 6 heteroatoms. The SMILES string of the molecule is O=C(/C=C/c1ccccc1OCc1ccccc1)c1ccc(Cl)c([N+](=O)[O-])c1. The number of hydrogen-bond acceptors (Lipinski definition) is 4. The maximum atomic E-state index is 12.4. The highest BCUT2D eigenvalue weighted by Crippen LogP contribution is 2.26. The van der Waals surface area contributed by atoms with Crippen molar-refractivity contribution in [3.63, 3.8) is 0 Å². The molecule has 28 heavy (non-hydrogen) atoms. The lowest BCUT2D eigenvalue weighted by Crippen LogP contribution is -1.98. The van der Waals surface area contributed by atoms with E-state index >= 15 is 0 Å². The zero-order valence-electron chi connectivity index (χ0n) is 14.7. The Hall–Kier alpha value is -3.44. The van der Waals surface area contributed by atoms with Crippen LogP contribution >= 0.6 is 11.6 Å². The van der Waals surface area contributed by atoms with Crippen LogP contribution in [-0.4, -0.2) is 10.7 Å². The van der Waals surface area contributed by atoms with Gasteiger partial charge < -0.3 is 4.74 Å². The Morgan fingerprint density at radius 3 is 2.50 bits per heavy atom. The molecule has 0 atom stereocenters.